The molecule has 1 saturated heterocycles. The van der Waals surface area contributed by atoms with Crippen LogP contribution in [-0.4, -0.2) is 50.1 Å². The van der Waals surface area contributed by atoms with Crippen LogP contribution in [0.4, 0.5) is 5.69 Å². The number of benzene rings is 2. The first-order valence-corrected chi connectivity index (χ1v) is 10.4. The van der Waals surface area contributed by atoms with Crippen molar-refractivity contribution in [3.63, 3.8) is 0 Å². The summed E-state index contributed by atoms with van der Waals surface area (Å²) in [7, 11) is 0. The van der Waals surface area contributed by atoms with E-state index in [1.807, 2.05) is 0 Å². The van der Waals surface area contributed by atoms with Crippen LogP contribution < -0.4 is 15.5 Å². The van der Waals surface area contributed by atoms with Gasteiger partial charge in [-0.1, -0.05) is 42.5 Å². The van der Waals surface area contributed by atoms with E-state index in [4.69, 9.17) is 4.99 Å². The fraction of sp³-hybridized carbons (Fsp3) is 0.435. The number of aliphatic imine (C=N–C) groups is 1. The number of rotatable bonds is 7. The molecule has 1 heterocycles. The Kier molecular flexibility index (Phi) is 7.73. The number of para-hydroxylation sites is 1. The molecular weight excluding hydrogens is 346 g/mol. The third-order valence-corrected chi connectivity index (χ3v) is 5.10. The van der Waals surface area contributed by atoms with Gasteiger partial charge in [0.15, 0.2) is 5.96 Å². The lowest BCUT2D eigenvalue weighted by Crippen LogP contribution is -2.46. The highest BCUT2D eigenvalue weighted by molar-refractivity contribution is 5.79. The lowest BCUT2D eigenvalue weighted by molar-refractivity contribution is 0.249. The van der Waals surface area contributed by atoms with E-state index < -0.39 is 0 Å². The molecule has 2 N–H and O–H groups in total. The van der Waals surface area contributed by atoms with Crippen molar-refractivity contribution in [2.45, 2.75) is 26.9 Å². The first kappa shape index (κ1) is 20.2. The summed E-state index contributed by atoms with van der Waals surface area (Å²) in [5.74, 6) is 0.885. The van der Waals surface area contributed by atoms with Crippen molar-refractivity contribution in [1.29, 1.82) is 0 Å². The van der Waals surface area contributed by atoms with Crippen LogP contribution in [-0.2, 0) is 13.1 Å². The van der Waals surface area contributed by atoms with E-state index in [1.54, 1.807) is 0 Å². The highest BCUT2D eigenvalue weighted by Gasteiger charge is 2.18. The van der Waals surface area contributed by atoms with E-state index in [9.17, 15) is 0 Å². The summed E-state index contributed by atoms with van der Waals surface area (Å²) >= 11 is 0. The maximum Gasteiger partial charge on any atom is 0.191 e. The fourth-order valence-electron chi connectivity index (χ4n) is 3.58. The Morgan fingerprint density at radius 3 is 2.07 bits per heavy atom. The number of hydrogen-bond donors (Lipinski definition) is 2. The first-order valence-electron chi connectivity index (χ1n) is 10.4. The largest absolute Gasteiger partial charge is 0.369 e. The molecule has 2 aromatic carbocycles. The molecule has 1 aliphatic rings. The second-order valence-electron chi connectivity index (χ2n) is 7.09. The van der Waals surface area contributed by atoms with Crippen LogP contribution in [0.3, 0.4) is 0 Å². The Morgan fingerprint density at radius 2 is 1.43 bits per heavy atom. The summed E-state index contributed by atoms with van der Waals surface area (Å²) in [5.41, 5.74) is 4.02. The van der Waals surface area contributed by atoms with Gasteiger partial charge in [-0.2, -0.15) is 0 Å². The van der Waals surface area contributed by atoms with E-state index in [0.29, 0.717) is 6.54 Å². The average molecular weight is 380 g/mol. The van der Waals surface area contributed by atoms with Gasteiger partial charge in [-0.15, -0.1) is 0 Å². The molecule has 0 bridgehead atoms. The van der Waals surface area contributed by atoms with Crippen LogP contribution in [0.25, 0.3) is 0 Å². The zero-order valence-electron chi connectivity index (χ0n) is 17.2. The van der Waals surface area contributed by atoms with Gasteiger partial charge in [0.2, 0.25) is 0 Å². The Morgan fingerprint density at radius 1 is 0.821 bits per heavy atom. The molecule has 1 aliphatic heterocycles. The molecule has 0 aromatic heterocycles. The third-order valence-electron chi connectivity index (χ3n) is 5.10. The highest BCUT2D eigenvalue weighted by Crippen LogP contribution is 2.18. The van der Waals surface area contributed by atoms with Gasteiger partial charge < -0.3 is 15.5 Å². The molecule has 5 heteroatoms. The Balaban J connectivity index is 1.59. The standard InChI is InChI=1S/C23H33N5/c1-3-24-23(25-4-2)26-18-20-10-8-9-11-21(20)19-27-14-16-28(17-15-27)22-12-6-5-7-13-22/h5-13H,3-4,14-19H2,1-2H3,(H2,24,25,26). The van der Waals surface area contributed by atoms with Crippen molar-refractivity contribution in [2.24, 2.45) is 4.99 Å². The maximum atomic E-state index is 4.75. The molecule has 3 rings (SSSR count). The monoisotopic (exact) mass is 379 g/mol. The summed E-state index contributed by atoms with van der Waals surface area (Å²) in [4.78, 5) is 9.78. The highest BCUT2D eigenvalue weighted by atomic mass is 15.3. The number of anilines is 1. The molecule has 150 valence electrons. The van der Waals surface area contributed by atoms with E-state index >= 15 is 0 Å². The van der Waals surface area contributed by atoms with E-state index in [1.165, 1.54) is 16.8 Å². The summed E-state index contributed by atoms with van der Waals surface area (Å²) in [5, 5.41) is 6.60. The summed E-state index contributed by atoms with van der Waals surface area (Å²) in [6.07, 6.45) is 0. The van der Waals surface area contributed by atoms with Gasteiger partial charge in [0.25, 0.3) is 0 Å². The number of piperazine rings is 1. The minimum absolute atomic E-state index is 0.704. The number of nitrogens with one attached hydrogen (secondary N) is 2. The Labute approximate surface area is 169 Å². The SMILES string of the molecule is CCNC(=NCc1ccccc1CN1CCN(c2ccccc2)CC1)NCC. The Bertz CT molecular complexity index is 728. The van der Waals surface area contributed by atoms with Crippen molar-refractivity contribution in [1.82, 2.24) is 15.5 Å². The van der Waals surface area contributed by atoms with Crippen LogP contribution >= 0.6 is 0 Å². The molecule has 0 aliphatic carbocycles. The molecule has 0 amide bonds. The average Bonchev–Trinajstić information content (AvgIpc) is 2.74. The van der Waals surface area contributed by atoms with Crippen LogP contribution in [0.5, 0.6) is 0 Å². The Hall–Kier alpha value is -2.53. The van der Waals surface area contributed by atoms with Crippen molar-refractivity contribution in [3.8, 4) is 0 Å². The smallest absolute Gasteiger partial charge is 0.191 e. The van der Waals surface area contributed by atoms with E-state index in [-0.39, 0.29) is 0 Å². The van der Waals surface area contributed by atoms with Gasteiger partial charge in [0.05, 0.1) is 6.54 Å². The molecule has 0 atom stereocenters. The fourth-order valence-corrected chi connectivity index (χ4v) is 3.58. The second-order valence-corrected chi connectivity index (χ2v) is 7.09. The zero-order chi connectivity index (χ0) is 19.6. The predicted octanol–water partition coefficient (Wildman–Crippen LogP) is 3.08. The summed E-state index contributed by atoms with van der Waals surface area (Å²) in [6, 6.07) is 19.4. The molecule has 2 aromatic rings. The topological polar surface area (TPSA) is 42.9 Å². The number of hydrogen-bond acceptors (Lipinski definition) is 3. The van der Waals surface area contributed by atoms with Crippen LogP contribution in [0.15, 0.2) is 59.6 Å². The quantitative estimate of drug-likeness (QED) is 0.573. The molecule has 5 nitrogen and oxygen atoms in total. The van der Waals surface area contributed by atoms with Crippen molar-refractivity contribution >= 4 is 11.6 Å². The summed E-state index contributed by atoms with van der Waals surface area (Å²) < 4.78 is 0. The van der Waals surface area contributed by atoms with Gasteiger partial charge in [-0.3, -0.25) is 4.90 Å². The van der Waals surface area contributed by atoms with Gasteiger partial charge >= 0.3 is 0 Å². The molecule has 1 fully saturated rings. The molecule has 0 unspecified atom stereocenters. The van der Waals surface area contributed by atoms with E-state index in [0.717, 1.165) is 51.8 Å². The molecule has 28 heavy (non-hydrogen) atoms. The van der Waals surface area contributed by atoms with Crippen LogP contribution in [0.2, 0.25) is 0 Å². The van der Waals surface area contributed by atoms with Crippen LogP contribution in [0, 0.1) is 0 Å². The van der Waals surface area contributed by atoms with E-state index in [2.05, 4.69) is 88.9 Å². The van der Waals surface area contributed by atoms with Gasteiger partial charge in [-0.05, 0) is 37.1 Å². The lowest BCUT2D eigenvalue weighted by atomic mass is 10.1. The number of guanidine groups is 1. The minimum Gasteiger partial charge on any atom is -0.369 e. The zero-order valence-corrected chi connectivity index (χ0v) is 17.2. The molecule has 0 saturated carbocycles. The second kappa shape index (κ2) is 10.7. The van der Waals surface area contributed by atoms with Crippen molar-refractivity contribution in [2.75, 3.05) is 44.2 Å². The lowest BCUT2D eigenvalue weighted by Gasteiger charge is -2.36. The van der Waals surface area contributed by atoms with Gasteiger partial charge in [0.1, 0.15) is 0 Å². The maximum absolute atomic E-state index is 4.75. The minimum atomic E-state index is 0.704. The van der Waals surface area contributed by atoms with Gasteiger partial charge in [-0.25, -0.2) is 4.99 Å². The first-order chi connectivity index (χ1) is 13.8. The van der Waals surface area contributed by atoms with Crippen molar-refractivity contribution in [3.05, 3.63) is 65.7 Å². The van der Waals surface area contributed by atoms with Crippen LogP contribution in [0.1, 0.15) is 25.0 Å². The van der Waals surface area contributed by atoms with Gasteiger partial charge in [0, 0.05) is 51.5 Å². The predicted molar refractivity (Wildman–Crippen MR) is 119 cm³/mol. The molecule has 0 radical (unpaired) electrons. The number of nitrogens with zero attached hydrogens (tertiary/aromatic N) is 3. The normalized spacial score (nSPS) is 14.6. The third kappa shape index (κ3) is 5.73. The molecular formula is C23H33N5. The van der Waals surface area contributed by atoms with Crippen molar-refractivity contribution < 1.29 is 0 Å². The molecule has 0 spiro atoms. The summed E-state index contributed by atoms with van der Waals surface area (Å²) in [6.45, 7) is 12.0.